The van der Waals surface area contributed by atoms with Crippen molar-refractivity contribution < 1.29 is 34.0 Å². The molecule has 1 aliphatic carbocycles. The van der Waals surface area contributed by atoms with Gasteiger partial charge in [-0.1, -0.05) is 32.9 Å². The molecule has 3 rings (SSSR count). The lowest BCUT2D eigenvalue weighted by atomic mass is 9.60. The summed E-state index contributed by atoms with van der Waals surface area (Å²) < 4.78 is 18.4. The lowest BCUT2D eigenvalue weighted by Gasteiger charge is -2.47. The van der Waals surface area contributed by atoms with Gasteiger partial charge in [-0.05, 0) is 57.8 Å². The number of esters is 2. The summed E-state index contributed by atoms with van der Waals surface area (Å²) in [6.45, 7) is 15.3. The van der Waals surface area contributed by atoms with Crippen molar-refractivity contribution in [1.82, 2.24) is 0 Å². The quantitative estimate of drug-likeness (QED) is 0.472. The van der Waals surface area contributed by atoms with E-state index >= 15 is 0 Å². The second kappa shape index (κ2) is 9.67. The first kappa shape index (κ1) is 26.2. The highest BCUT2D eigenvalue weighted by Crippen LogP contribution is 2.56. The van der Waals surface area contributed by atoms with Crippen molar-refractivity contribution in [2.75, 3.05) is 0 Å². The Labute approximate surface area is 197 Å². The maximum atomic E-state index is 12.7. The Bertz CT molecular complexity index is 760. The lowest BCUT2D eigenvalue weighted by molar-refractivity contribution is -0.205. The molecule has 3 fully saturated rings. The van der Waals surface area contributed by atoms with Crippen molar-refractivity contribution in [3.63, 3.8) is 0 Å². The summed E-state index contributed by atoms with van der Waals surface area (Å²) in [7, 11) is 0. The van der Waals surface area contributed by atoms with Crippen LogP contribution >= 0.6 is 0 Å². The van der Waals surface area contributed by atoms with Crippen LogP contribution in [0.4, 0.5) is 0 Å². The third kappa shape index (κ3) is 4.87. The number of ether oxygens (including phenoxy) is 3. The van der Waals surface area contributed by atoms with Crippen LogP contribution in [0.5, 0.6) is 0 Å². The third-order valence-electron chi connectivity index (χ3n) is 8.20. The van der Waals surface area contributed by atoms with E-state index in [2.05, 4.69) is 20.4 Å². The van der Waals surface area contributed by atoms with Gasteiger partial charge in [-0.2, -0.15) is 0 Å². The van der Waals surface area contributed by atoms with E-state index < -0.39 is 41.6 Å². The second-order valence-electron chi connectivity index (χ2n) is 11.1. The summed E-state index contributed by atoms with van der Waals surface area (Å²) in [5, 5.41) is 22.4. The summed E-state index contributed by atoms with van der Waals surface area (Å²) in [4.78, 5) is 24.7. The Hall–Kier alpha value is -1.44. The molecule has 0 spiro atoms. The highest BCUT2D eigenvalue weighted by molar-refractivity contribution is 5.70. The smallest absolute Gasteiger partial charge is 0.306 e. The van der Waals surface area contributed by atoms with Crippen molar-refractivity contribution in [2.45, 2.75) is 116 Å². The summed E-state index contributed by atoms with van der Waals surface area (Å²) in [6.07, 6.45) is -0.155. The SMILES string of the molecule is C=C1CC[C@H](C(C)C)[C@@H]2[C@H]1[C@@H]1O[C@H]2[C@](C)(OC(=O)CCC)CC[C@@H](O)[C@](C)(O)[C@H]1OC(C)=O. The molecule has 3 aliphatic rings. The molecule has 2 bridgehead atoms. The largest absolute Gasteiger partial charge is 0.457 e. The zero-order valence-corrected chi connectivity index (χ0v) is 21.0. The molecule has 0 aromatic rings. The summed E-state index contributed by atoms with van der Waals surface area (Å²) in [5.74, 6) is -0.355. The molecule has 33 heavy (non-hydrogen) atoms. The standard InChI is InChI=1S/C26H42O7/c1-8-9-19(29)33-25(6)13-12-18(28)26(7,30)24(31-16(5)27)22-20-15(4)10-11-17(14(2)3)21(20)23(25)32-22/h14,17-18,20-24,28,30H,4,8-13H2,1-3,5-7H3/t17-,18-,20+,21-,22+,23-,24+,25-,26+/m1/s1. The van der Waals surface area contributed by atoms with Crippen LogP contribution in [0.15, 0.2) is 12.2 Å². The van der Waals surface area contributed by atoms with Gasteiger partial charge in [0.2, 0.25) is 0 Å². The van der Waals surface area contributed by atoms with Crippen LogP contribution in [0.1, 0.15) is 80.1 Å². The van der Waals surface area contributed by atoms with Gasteiger partial charge < -0.3 is 24.4 Å². The molecule has 0 unspecified atom stereocenters. The molecule has 7 heteroatoms. The van der Waals surface area contributed by atoms with E-state index in [0.717, 1.165) is 18.4 Å². The third-order valence-corrected chi connectivity index (χ3v) is 8.20. The Kier molecular flexibility index (Phi) is 7.67. The molecule has 1 saturated carbocycles. The topological polar surface area (TPSA) is 102 Å². The first-order valence-corrected chi connectivity index (χ1v) is 12.5. The van der Waals surface area contributed by atoms with Gasteiger partial charge >= 0.3 is 11.9 Å². The Morgan fingerprint density at radius 2 is 1.94 bits per heavy atom. The lowest BCUT2D eigenvalue weighted by Crippen LogP contribution is -2.58. The molecule has 0 radical (unpaired) electrons. The maximum Gasteiger partial charge on any atom is 0.306 e. The number of rotatable bonds is 5. The van der Waals surface area contributed by atoms with Crippen molar-refractivity contribution in [3.05, 3.63) is 12.2 Å². The van der Waals surface area contributed by atoms with Crippen LogP contribution in [0.3, 0.4) is 0 Å². The molecule has 188 valence electrons. The fourth-order valence-electron chi connectivity index (χ4n) is 6.42. The summed E-state index contributed by atoms with van der Waals surface area (Å²) in [6, 6.07) is 0. The van der Waals surface area contributed by atoms with E-state index in [9.17, 15) is 19.8 Å². The van der Waals surface area contributed by atoms with E-state index in [4.69, 9.17) is 14.2 Å². The van der Waals surface area contributed by atoms with E-state index in [0.29, 0.717) is 31.1 Å². The van der Waals surface area contributed by atoms with Crippen LogP contribution < -0.4 is 0 Å². The van der Waals surface area contributed by atoms with Crippen LogP contribution in [0.25, 0.3) is 0 Å². The average molecular weight is 467 g/mol. The molecule has 2 aliphatic heterocycles. The maximum absolute atomic E-state index is 12.7. The minimum Gasteiger partial charge on any atom is -0.457 e. The average Bonchev–Trinajstić information content (AvgIpc) is 3.11. The fraction of sp³-hybridized carbons (Fsp3) is 0.846. The van der Waals surface area contributed by atoms with Gasteiger partial charge in [0, 0.05) is 25.2 Å². The Balaban J connectivity index is 2.15. The summed E-state index contributed by atoms with van der Waals surface area (Å²) in [5.41, 5.74) is -1.73. The fourth-order valence-corrected chi connectivity index (χ4v) is 6.42. The monoisotopic (exact) mass is 466 g/mol. The molecular formula is C26H42O7. The zero-order valence-electron chi connectivity index (χ0n) is 21.0. The van der Waals surface area contributed by atoms with Crippen LogP contribution in [-0.4, -0.2) is 57.8 Å². The Morgan fingerprint density at radius 1 is 1.27 bits per heavy atom. The molecule has 2 saturated heterocycles. The normalized spacial score (nSPS) is 43.3. The molecule has 2 heterocycles. The summed E-state index contributed by atoms with van der Waals surface area (Å²) >= 11 is 0. The van der Waals surface area contributed by atoms with Gasteiger partial charge in [0.05, 0.1) is 6.10 Å². The first-order valence-electron chi connectivity index (χ1n) is 12.5. The number of hydrogen-bond donors (Lipinski definition) is 2. The van der Waals surface area contributed by atoms with Crippen molar-refractivity contribution in [2.24, 2.45) is 23.7 Å². The van der Waals surface area contributed by atoms with E-state index in [1.807, 2.05) is 13.8 Å². The molecule has 7 nitrogen and oxygen atoms in total. The highest BCUT2D eigenvalue weighted by atomic mass is 16.6. The number of hydrogen-bond acceptors (Lipinski definition) is 7. The Morgan fingerprint density at radius 3 is 2.52 bits per heavy atom. The molecular weight excluding hydrogens is 424 g/mol. The highest BCUT2D eigenvalue weighted by Gasteiger charge is 2.64. The van der Waals surface area contributed by atoms with Gasteiger partial charge in [-0.15, -0.1) is 0 Å². The second-order valence-corrected chi connectivity index (χ2v) is 11.1. The van der Waals surface area contributed by atoms with E-state index in [1.54, 1.807) is 0 Å². The van der Waals surface area contributed by atoms with Crippen molar-refractivity contribution >= 4 is 11.9 Å². The van der Waals surface area contributed by atoms with Gasteiger partial charge in [0.25, 0.3) is 0 Å². The van der Waals surface area contributed by atoms with Crippen LogP contribution in [0, 0.1) is 23.7 Å². The van der Waals surface area contributed by atoms with Gasteiger partial charge in [0.1, 0.15) is 23.4 Å². The number of carbonyl (C=O) groups is 2. The van der Waals surface area contributed by atoms with Crippen molar-refractivity contribution in [3.8, 4) is 0 Å². The van der Waals surface area contributed by atoms with Crippen LogP contribution in [-0.2, 0) is 23.8 Å². The van der Waals surface area contributed by atoms with E-state index in [1.165, 1.54) is 13.8 Å². The van der Waals surface area contributed by atoms with Gasteiger partial charge in [-0.3, -0.25) is 9.59 Å². The molecule has 9 atom stereocenters. The van der Waals surface area contributed by atoms with Gasteiger partial charge in [-0.25, -0.2) is 0 Å². The zero-order chi connectivity index (χ0) is 24.7. The van der Waals surface area contributed by atoms with Crippen LogP contribution in [0.2, 0.25) is 0 Å². The first-order chi connectivity index (χ1) is 15.3. The molecule has 0 aromatic heterocycles. The molecule has 0 aromatic carbocycles. The minimum atomic E-state index is -1.74. The van der Waals surface area contributed by atoms with Gasteiger partial charge in [0.15, 0.2) is 6.10 Å². The predicted octanol–water partition coefficient (Wildman–Crippen LogP) is 3.55. The minimum absolute atomic E-state index is 0.000206. The predicted molar refractivity (Wildman–Crippen MR) is 123 cm³/mol. The van der Waals surface area contributed by atoms with Crippen molar-refractivity contribution in [1.29, 1.82) is 0 Å². The molecule has 0 amide bonds. The number of fused-ring (bicyclic) bond motifs is 5. The number of aliphatic hydroxyl groups is 2. The van der Waals surface area contributed by atoms with E-state index in [-0.39, 0.29) is 24.2 Å². The number of aliphatic hydroxyl groups excluding tert-OH is 1. The number of carbonyl (C=O) groups excluding carboxylic acids is 2. The molecule has 2 N–H and O–H groups in total.